The average Bonchev–Trinajstić information content (AvgIpc) is 2.42. The Bertz CT molecular complexity index is 619. The van der Waals surface area contributed by atoms with E-state index in [0.29, 0.717) is 16.9 Å². The zero-order valence-electron chi connectivity index (χ0n) is 11.6. The Morgan fingerprint density at radius 2 is 1.85 bits per heavy atom. The Kier molecular flexibility index (Phi) is 4.05. The van der Waals surface area contributed by atoms with Gasteiger partial charge in [0.2, 0.25) is 0 Å². The van der Waals surface area contributed by atoms with Gasteiger partial charge < -0.3 is 16.2 Å². The predicted octanol–water partition coefficient (Wildman–Crippen LogP) is 2.88. The minimum Gasteiger partial charge on any atom is -0.398 e. The molecule has 20 heavy (non-hydrogen) atoms. The molecular formula is C16H18N2O2. The molecule has 4 heteroatoms. The van der Waals surface area contributed by atoms with Crippen LogP contribution in [0.5, 0.6) is 0 Å². The van der Waals surface area contributed by atoms with Crippen molar-refractivity contribution in [2.75, 3.05) is 11.1 Å². The van der Waals surface area contributed by atoms with Crippen LogP contribution >= 0.6 is 0 Å². The van der Waals surface area contributed by atoms with Crippen LogP contribution in [0.2, 0.25) is 0 Å². The first kappa shape index (κ1) is 14.1. The molecular weight excluding hydrogens is 252 g/mol. The lowest BCUT2D eigenvalue weighted by atomic mass is 10.1. The van der Waals surface area contributed by atoms with Gasteiger partial charge >= 0.3 is 0 Å². The summed E-state index contributed by atoms with van der Waals surface area (Å²) in [6.07, 6.45) is -0.518. The zero-order valence-corrected chi connectivity index (χ0v) is 11.6. The van der Waals surface area contributed by atoms with Crippen molar-refractivity contribution in [3.63, 3.8) is 0 Å². The van der Waals surface area contributed by atoms with E-state index in [9.17, 15) is 9.90 Å². The maximum atomic E-state index is 12.2. The number of anilines is 2. The van der Waals surface area contributed by atoms with Gasteiger partial charge in [0.1, 0.15) is 0 Å². The monoisotopic (exact) mass is 270 g/mol. The van der Waals surface area contributed by atoms with Gasteiger partial charge in [-0.2, -0.15) is 0 Å². The average molecular weight is 270 g/mol. The molecule has 0 spiro atoms. The summed E-state index contributed by atoms with van der Waals surface area (Å²) in [7, 11) is 0. The molecule has 0 bridgehead atoms. The summed E-state index contributed by atoms with van der Waals surface area (Å²) in [5.74, 6) is -0.195. The second kappa shape index (κ2) is 5.75. The van der Waals surface area contributed by atoms with Crippen molar-refractivity contribution < 1.29 is 9.90 Å². The molecule has 0 saturated carbocycles. The van der Waals surface area contributed by atoms with E-state index in [4.69, 9.17) is 5.73 Å². The standard InChI is InChI=1S/C16H18N2O2/c1-10-14(4-3-5-15(10)17)16(20)18-13-8-6-12(7-9-13)11(2)19/h3-9,11,19H,17H2,1-2H3,(H,18,20)/t11-/m0/s1. The normalized spacial score (nSPS) is 11.9. The molecule has 1 amide bonds. The minimum absolute atomic E-state index is 0.195. The van der Waals surface area contributed by atoms with E-state index in [1.165, 1.54) is 0 Å². The summed E-state index contributed by atoms with van der Waals surface area (Å²) < 4.78 is 0. The molecule has 0 heterocycles. The Labute approximate surface area is 118 Å². The van der Waals surface area contributed by atoms with Crippen molar-refractivity contribution in [1.82, 2.24) is 0 Å². The van der Waals surface area contributed by atoms with Gasteiger partial charge in [0.05, 0.1) is 6.10 Å². The minimum atomic E-state index is -0.518. The molecule has 0 radical (unpaired) electrons. The number of nitrogens with one attached hydrogen (secondary N) is 1. The maximum absolute atomic E-state index is 12.2. The van der Waals surface area contributed by atoms with Crippen LogP contribution in [0, 0.1) is 6.92 Å². The van der Waals surface area contributed by atoms with Gasteiger partial charge in [-0.3, -0.25) is 4.79 Å². The molecule has 2 rings (SSSR count). The Morgan fingerprint density at radius 3 is 2.45 bits per heavy atom. The fourth-order valence-electron chi connectivity index (χ4n) is 1.94. The molecule has 104 valence electrons. The van der Waals surface area contributed by atoms with Gasteiger partial charge in [-0.1, -0.05) is 18.2 Å². The van der Waals surface area contributed by atoms with E-state index >= 15 is 0 Å². The molecule has 2 aromatic carbocycles. The van der Waals surface area contributed by atoms with Gasteiger partial charge in [-0.15, -0.1) is 0 Å². The van der Waals surface area contributed by atoms with Crippen molar-refractivity contribution in [3.05, 3.63) is 59.2 Å². The first-order valence-corrected chi connectivity index (χ1v) is 6.43. The van der Waals surface area contributed by atoms with Crippen LogP contribution in [-0.2, 0) is 0 Å². The number of aliphatic hydroxyl groups excluding tert-OH is 1. The quantitative estimate of drug-likeness (QED) is 0.751. The second-order valence-electron chi connectivity index (χ2n) is 4.77. The number of carbonyl (C=O) groups is 1. The molecule has 0 aliphatic carbocycles. The number of amides is 1. The fraction of sp³-hybridized carbons (Fsp3) is 0.188. The Balaban J connectivity index is 2.17. The lowest BCUT2D eigenvalue weighted by Gasteiger charge is -2.10. The Hall–Kier alpha value is -2.33. The van der Waals surface area contributed by atoms with Gasteiger partial charge in [0, 0.05) is 16.9 Å². The first-order valence-electron chi connectivity index (χ1n) is 6.43. The molecule has 0 saturated heterocycles. The van der Waals surface area contributed by atoms with Crippen LogP contribution in [0.15, 0.2) is 42.5 Å². The molecule has 4 N–H and O–H groups in total. The number of nitrogens with two attached hydrogens (primary N) is 1. The molecule has 0 fully saturated rings. The number of aliphatic hydroxyl groups is 1. The Morgan fingerprint density at radius 1 is 1.20 bits per heavy atom. The number of benzene rings is 2. The maximum Gasteiger partial charge on any atom is 0.256 e. The van der Waals surface area contributed by atoms with Gasteiger partial charge in [-0.05, 0) is 49.2 Å². The van der Waals surface area contributed by atoms with E-state index in [-0.39, 0.29) is 5.91 Å². The van der Waals surface area contributed by atoms with Crippen LogP contribution in [0.1, 0.15) is 34.5 Å². The van der Waals surface area contributed by atoms with Gasteiger partial charge in [-0.25, -0.2) is 0 Å². The van der Waals surface area contributed by atoms with Crippen LogP contribution in [0.3, 0.4) is 0 Å². The first-order chi connectivity index (χ1) is 9.49. The van der Waals surface area contributed by atoms with Gasteiger partial charge in [0.25, 0.3) is 5.91 Å². The van der Waals surface area contributed by atoms with Crippen molar-refractivity contribution in [1.29, 1.82) is 0 Å². The number of hydrogen-bond acceptors (Lipinski definition) is 3. The van der Waals surface area contributed by atoms with E-state index < -0.39 is 6.10 Å². The highest BCUT2D eigenvalue weighted by atomic mass is 16.3. The largest absolute Gasteiger partial charge is 0.398 e. The second-order valence-corrected chi connectivity index (χ2v) is 4.77. The number of carbonyl (C=O) groups excluding carboxylic acids is 1. The summed E-state index contributed by atoms with van der Waals surface area (Å²) in [5.41, 5.74) is 9.22. The van der Waals surface area contributed by atoms with E-state index in [2.05, 4.69) is 5.32 Å². The van der Waals surface area contributed by atoms with Crippen LogP contribution in [0.25, 0.3) is 0 Å². The van der Waals surface area contributed by atoms with E-state index in [0.717, 1.165) is 11.1 Å². The highest BCUT2D eigenvalue weighted by Crippen LogP contribution is 2.19. The third kappa shape index (κ3) is 2.97. The highest BCUT2D eigenvalue weighted by Gasteiger charge is 2.11. The smallest absolute Gasteiger partial charge is 0.256 e. The molecule has 4 nitrogen and oxygen atoms in total. The SMILES string of the molecule is Cc1c(N)cccc1C(=O)Nc1ccc([C@H](C)O)cc1. The number of nitrogen functional groups attached to an aromatic ring is 1. The summed E-state index contributed by atoms with van der Waals surface area (Å²) in [4.78, 5) is 12.2. The summed E-state index contributed by atoms with van der Waals surface area (Å²) in [6, 6.07) is 12.4. The summed E-state index contributed by atoms with van der Waals surface area (Å²) in [5, 5.41) is 12.3. The summed E-state index contributed by atoms with van der Waals surface area (Å²) in [6.45, 7) is 3.52. The molecule has 0 aliphatic rings. The number of rotatable bonds is 3. The van der Waals surface area contributed by atoms with Crippen LogP contribution in [0.4, 0.5) is 11.4 Å². The third-order valence-corrected chi connectivity index (χ3v) is 3.27. The molecule has 2 aromatic rings. The van der Waals surface area contributed by atoms with Crippen LogP contribution < -0.4 is 11.1 Å². The third-order valence-electron chi connectivity index (χ3n) is 3.27. The molecule has 1 atom stereocenters. The summed E-state index contributed by atoms with van der Waals surface area (Å²) >= 11 is 0. The topological polar surface area (TPSA) is 75.4 Å². The van der Waals surface area contributed by atoms with Crippen molar-refractivity contribution >= 4 is 17.3 Å². The fourth-order valence-corrected chi connectivity index (χ4v) is 1.94. The van der Waals surface area contributed by atoms with Crippen molar-refractivity contribution in [2.45, 2.75) is 20.0 Å². The lowest BCUT2D eigenvalue weighted by Crippen LogP contribution is -2.14. The van der Waals surface area contributed by atoms with Gasteiger partial charge in [0.15, 0.2) is 0 Å². The lowest BCUT2D eigenvalue weighted by molar-refractivity contribution is 0.102. The molecule has 0 aliphatic heterocycles. The van der Waals surface area contributed by atoms with Crippen molar-refractivity contribution in [3.8, 4) is 0 Å². The molecule has 0 aromatic heterocycles. The number of hydrogen-bond donors (Lipinski definition) is 3. The predicted molar refractivity (Wildman–Crippen MR) is 80.6 cm³/mol. The van der Waals surface area contributed by atoms with E-state index in [1.54, 1.807) is 49.4 Å². The zero-order chi connectivity index (χ0) is 14.7. The van der Waals surface area contributed by atoms with E-state index in [1.807, 2.05) is 6.92 Å². The van der Waals surface area contributed by atoms with Crippen LogP contribution in [-0.4, -0.2) is 11.0 Å². The molecule has 0 unspecified atom stereocenters. The van der Waals surface area contributed by atoms with Crippen molar-refractivity contribution in [2.24, 2.45) is 0 Å². The highest BCUT2D eigenvalue weighted by molar-refractivity contribution is 6.06.